The summed E-state index contributed by atoms with van der Waals surface area (Å²) in [5.41, 5.74) is 2.01. The molecule has 1 aromatic heterocycles. The second-order valence-electron chi connectivity index (χ2n) is 4.51. The molecule has 0 aliphatic rings. The Bertz CT molecular complexity index is 626. The van der Waals surface area contributed by atoms with Crippen LogP contribution in [0.1, 0.15) is 24.3 Å². The zero-order valence-electron chi connectivity index (χ0n) is 12.1. The smallest absolute Gasteiger partial charge is 0.272 e. The van der Waals surface area contributed by atoms with E-state index >= 15 is 0 Å². The van der Waals surface area contributed by atoms with Crippen LogP contribution in [-0.4, -0.2) is 28.9 Å². The van der Waals surface area contributed by atoms with Crippen molar-refractivity contribution >= 4 is 28.9 Å². The van der Waals surface area contributed by atoms with Crippen LogP contribution in [0.3, 0.4) is 0 Å². The number of carbonyl (C=O) groups excluding carboxylic acids is 1. The first-order valence-corrected chi connectivity index (χ1v) is 7.30. The third-order valence-electron chi connectivity index (χ3n) is 3.18. The van der Waals surface area contributed by atoms with E-state index in [1.807, 2.05) is 44.2 Å². The van der Waals surface area contributed by atoms with Gasteiger partial charge in [0, 0.05) is 25.0 Å². The molecule has 0 spiro atoms. The van der Waals surface area contributed by atoms with Crippen molar-refractivity contribution in [2.75, 3.05) is 18.4 Å². The molecule has 21 heavy (non-hydrogen) atoms. The molecule has 0 radical (unpaired) electrons. The van der Waals surface area contributed by atoms with Crippen molar-refractivity contribution in [1.82, 2.24) is 9.88 Å². The number of anilines is 2. The molecule has 0 saturated heterocycles. The van der Waals surface area contributed by atoms with E-state index in [0.29, 0.717) is 23.8 Å². The Hall–Kier alpha value is -2.07. The van der Waals surface area contributed by atoms with Crippen molar-refractivity contribution in [3.63, 3.8) is 0 Å². The van der Waals surface area contributed by atoms with E-state index < -0.39 is 0 Å². The lowest BCUT2D eigenvalue weighted by molar-refractivity contribution is 0.0767. The standard InChI is InChI=1S/C16H18ClN3O/c1-3-20(4-2)16(21)15-11-12(9-10-18-15)19-14-8-6-5-7-13(14)17/h5-11H,3-4H2,1-2H3,(H,18,19). The maximum absolute atomic E-state index is 12.3. The predicted octanol–water partition coefficient (Wildman–Crippen LogP) is 3.96. The van der Waals surface area contributed by atoms with Gasteiger partial charge in [-0.05, 0) is 38.1 Å². The quantitative estimate of drug-likeness (QED) is 0.909. The van der Waals surface area contributed by atoms with Gasteiger partial charge in [0.05, 0.1) is 10.7 Å². The monoisotopic (exact) mass is 303 g/mol. The fourth-order valence-electron chi connectivity index (χ4n) is 2.02. The van der Waals surface area contributed by atoms with Gasteiger partial charge in [0.25, 0.3) is 5.91 Å². The molecule has 0 saturated carbocycles. The fourth-order valence-corrected chi connectivity index (χ4v) is 2.20. The van der Waals surface area contributed by atoms with Crippen molar-refractivity contribution in [1.29, 1.82) is 0 Å². The molecule has 1 amide bonds. The van der Waals surface area contributed by atoms with Crippen molar-refractivity contribution in [3.05, 3.63) is 53.3 Å². The normalized spacial score (nSPS) is 10.2. The van der Waals surface area contributed by atoms with Gasteiger partial charge in [0.2, 0.25) is 0 Å². The molecule has 1 heterocycles. The molecular formula is C16H18ClN3O. The third-order valence-corrected chi connectivity index (χ3v) is 3.51. The molecule has 0 unspecified atom stereocenters. The minimum Gasteiger partial charge on any atom is -0.354 e. The zero-order valence-corrected chi connectivity index (χ0v) is 12.9. The maximum Gasteiger partial charge on any atom is 0.272 e. The van der Waals surface area contributed by atoms with Crippen molar-refractivity contribution in [3.8, 4) is 0 Å². The first-order valence-electron chi connectivity index (χ1n) is 6.92. The molecule has 4 nitrogen and oxygen atoms in total. The highest BCUT2D eigenvalue weighted by Gasteiger charge is 2.14. The number of halogens is 1. The summed E-state index contributed by atoms with van der Waals surface area (Å²) in [6.45, 7) is 5.23. The topological polar surface area (TPSA) is 45.2 Å². The summed E-state index contributed by atoms with van der Waals surface area (Å²) < 4.78 is 0. The second-order valence-corrected chi connectivity index (χ2v) is 4.92. The average molecular weight is 304 g/mol. The van der Waals surface area contributed by atoms with Gasteiger partial charge in [-0.15, -0.1) is 0 Å². The van der Waals surface area contributed by atoms with Gasteiger partial charge in [-0.1, -0.05) is 23.7 Å². The van der Waals surface area contributed by atoms with Crippen LogP contribution in [-0.2, 0) is 0 Å². The van der Waals surface area contributed by atoms with E-state index in [9.17, 15) is 4.79 Å². The molecule has 1 aromatic carbocycles. The molecule has 0 fully saturated rings. The molecule has 1 N–H and O–H groups in total. The fraction of sp³-hybridized carbons (Fsp3) is 0.250. The Labute approximate surface area is 129 Å². The van der Waals surface area contributed by atoms with Crippen LogP contribution >= 0.6 is 11.6 Å². The number of carbonyl (C=O) groups is 1. The van der Waals surface area contributed by atoms with Crippen LogP contribution in [0.15, 0.2) is 42.6 Å². The lowest BCUT2D eigenvalue weighted by Gasteiger charge is -2.18. The molecular weight excluding hydrogens is 286 g/mol. The molecule has 0 bridgehead atoms. The summed E-state index contributed by atoms with van der Waals surface area (Å²) >= 11 is 6.12. The molecule has 0 atom stereocenters. The molecule has 2 aromatic rings. The minimum absolute atomic E-state index is 0.0668. The Morgan fingerprint density at radius 1 is 1.24 bits per heavy atom. The third kappa shape index (κ3) is 3.73. The summed E-state index contributed by atoms with van der Waals surface area (Å²) in [6.07, 6.45) is 1.62. The van der Waals surface area contributed by atoms with Gasteiger partial charge in [0.15, 0.2) is 0 Å². The van der Waals surface area contributed by atoms with Crippen LogP contribution in [0, 0.1) is 0 Å². The number of nitrogens with one attached hydrogen (secondary N) is 1. The Morgan fingerprint density at radius 2 is 1.95 bits per heavy atom. The SMILES string of the molecule is CCN(CC)C(=O)c1cc(Nc2ccccc2Cl)ccn1. The highest BCUT2D eigenvalue weighted by atomic mass is 35.5. The molecule has 5 heteroatoms. The average Bonchev–Trinajstić information content (AvgIpc) is 2.51. The van der Waals surface area contributed by atoms with Gasteiger partial charge in [0.1, 0.15) is 5.69 Å². The zero-order chi connectivity index (χ0) is 15.2. The number of benzene rings is 1. The Morgan fingerprint density at radius 3 is 2.62 bits per heavy atom. The van der Waals surface area contributed by atoms with Crippen molar-refractivity contribution in [2.24, 2.45) is 0 Å². The minimum atomic E-state index is -0.0668. The summed E-state index contributed by atoms with van der Waals surface area (Å²) in [5, 5.41) is 3.83. The summed E-state index contributed by atoms with van der Waals surface area (Å²) in [7, 11) is 0. The van der Waals surface area contributed by atoms with Gasteiger partial charge < -0.3 is 10.2 Å². The van der Waals surface area contributed by atoms with Crippen LogP contribution in [0.5, 0.6) is 0 Å². The van der Waals surface area contributed by atoms with Gasteiger partial charge >= 0.3 is 0 Å². The Kier molecular flexibility index (Phi) is 5.17. The first-order chi connectivity index (χ1) is 10.2. The predicted molar refractivity (Wildman–Crippen MR) is 86.2 cm³/mol. The molecule has 2 rings (SSSR count). The van der Waals surface area contributed by atoms with E-state index in [1.165, 1.54) is 0 Å². The maximum atomic E-state index is 12.3. The first kappa shape index (κ1) is 15.3. The number of hydrogen-bond donors (Lipinski definition) is 1. The van der Waals surface area contributed by atoms with Crippen molar-refractivity contribution < 1.29 is 4.79 Å². The number of pyridine rings is 1. The van der Waals surface area contributed by atoms with Crippen LogP contribution < -0.4 is 5.32 Å². The molecule has 0 aliphatic carbocycles. The highest BCUT2D eigenvalue weighted by molar-refractivity contribution is 6.33. The van der Waals surface area contributed by atoms with E-state index in [-0.39, 0.29) is 5.91 Å². The van der Waals surface area contributed by atoms with Crippen molar-refractivity contribution in [2.45, 2.75) is 13.8 Å². The summed E-state index contributed by atoms with van der Waals surface area (Å²) in [6, 6.07) is 11.0. The Balaban J connectivity index is 2.22. The number of aromatic nitrogens is 1. The van der Waals surface area contributed by atoms with E-state index in [2.05, 4.69) is 10.3 Å². The van der Waals surface area contributed by atoms with E-state index in [4.69, 9.17) is 11.6 Å². The largest absolute Gasteiger partial charge is 0.354 e. The van der Waals surface area contributed by atoms with Gasteiger partial charge in [-0.3, -0.25) is 9.78 Å². The number of para-hydroxylation sites is 1. The van der Waals surface area contributed by atoms with E-state index in [0.717, 1.165) is 11.4 Å². The number of nitrogens with zero attached hydrogens (tertiary/aromatic N) is 2. The number of hydrogen-bond acceptors (Lipinski definition) is 3. The van der Waals surface area contributed by atoms with E-state index in [1.54, 1.807) is 17.2 Å². The molecule has 0 aliphatic heterocycles. The lowest BCUT2D eigenvalue weighted by atomic mass is 10.2. The van der Waals surface area contributed by atoms with Crippen LogP contribution in [0.4, 0.5) is 11.4 Å². The van der Waals surface area contributed by atoms with Gasteiger partial charge in [-0.25, -0.2) is 0 Å². The number of rotatable bonds is 5. The summed E-state index contributed by atoms with van der Waals surface area (Å²) in [5.74, 6) is -0.0668. The number of amides is 1. The van der Waals surface area contributed by atoms with Gasteiger partial charge in [-0.2, -0.15) is 0 Å². The van der Waals surface area contributed by atoms with Crippen LogP contribution in [0.25, 0.3) is 0 Å². The highest BCUT2D eigenvalue weighted by Crippen LogP contribution is 2.24. The van der Waals surface area contributed by atoms with Crippen LogP contribution in [0.2, 0.25) is 5.02 Å². The lowest BCUT2D eigenvalue weighted by Crippen LogP contribution is -2.31. The molecule has 110 valence electrons. The summed E-state index contributed by atoms with van der Waals surface area (Å²) in [4.78, 5) is 18.2. The second kappa shape index (κ2) is 7.09.